The first-order valence-corrected chi connectivity index (χ1v) is 7.05. The second-order valence-corrected chi connectivity index (χ2v) is 5.77. The molecule has 2 aromatic rings. The van der Waals surface area contributed by atoms with E-state index < -0.39 is 0 Å². The van der Waals surface area contributed by atoms with Gasteiger partial charge >= 0.3 is 0 Å². The van der Waals surface area contributed by atoms with Crippen molar-refractivity contribution < 1.29 is 4.79 Å². The summed E-state index contributed by atoms with van der Waals surface area (Å²) in [5.74, 6) is 0.100. The van der Waals surface area contributed by atoms with Gasteiger partial charge in [-0.15, -0.1) is 0 Å². The summed E-state index contributed by atoms with van der Waals surface area (Å²) < 4.78 is 1.65. The van der Waals surface area contributed by atoms with Gasteiger partial charge < -0.3 is 5.32 Å². The van der Waals surface area contributed by atoms with Gasteiger partial charge in [-0.25, -0.2) is 0 Å². The molecule has 6 heteroatoms. The second-order valence-electron chi connectivity index (χ2n) is 4.98. The average molecular weight is 310 g/mol. The van der Waals surface area contributed by atoms with Crippen molar-refractivity contribution in [3.63, 3.8) is 0 Å². The Balaban J connectivity index is 1.69. The summed E-state index contributed by atoms with van der Waals surface area (Å²) in [4.78, 5) is 12.1. The molecule has 1 saturated carbocycles. The number of carbonyl (C=O) groups excluding carboxylic acids is 1. The number of rotatable bonds is 3. The molecule has 1 aliphatic carbocycles. The Labute approximate surface area is 126 Å². The van der Waals surface area contributed by atoms with Crippen LogP contribution in [0.2, 0.25) is 10.0 Å². The van der Waals surface area contributed by atoms with Crippen LogP contribution in [0.4, 0.5) is 5.69 Å². The summed E-state index contributed by atoms with van der Waals surface area (Å²) in [6.45, 7) is 0. The molecular formula is C14H13Cl2N3O. The van der Waals surface area contributed by atoms with E-state index in [2.05, 4.69) is 10.4 Å². The van der Waals surface area contributed by atoms with E-state index in [0.29, 0.717) is 15.7 Å². The molecule has 0 spiro atoms. The van der Waals surface area contributed by atoms with Gasteiger partial charge in [-0.05, 0) is 24.0 Å². The van der Waals surface area contributed by atoms with E-state index >= 15 is 0 Å². The molecule has 1 fully saturated rings. The fourth-order valence-corrected chi connectivity index (χ4v) is 2.80. The molecule has 1 aliphatic rings. The van der Waals surface area contributed by atoms with Gasteiger partial charge in [0.1, 0.15) is 0 Å². The number of aromatic nitrogens is 2. The van der Waals surface area contributed by atoms with Crippen LogP contribution in [0.3, 0.4) is 0 Å². The highest BCUT2D eigenvalue weighted by Crippen LogP contribution is 2.51. The minimum absolute atomic E-state index is 0.000887. The average Bonchev–Trinajstić information content (AvgIpc) is 3.10. The standard InChI is InChI=1S/C14H13Cl2N3O/c1-19-7-8(6-17-19)18-14(20)11-5-10(11)9-3-2-4-12(15)13(9)16/h2-4,6-7,10-11H,5H2,1H3,(H,18,20). The van der Waals surface area contributed by atoms with Crippen LogP contribution in [0.5, 0.6) is 0 Å². The van der Waals surface area contributed by atoms with Crippen molar-refractivity contribution in [1.29, 1.82) is 0 Å². The molecule has 2 atom stereocenters. The van der Waals surface area contributed by atoms with E-state index in [0.717, 1.165) is 12.0 Å². The van der Waals surface area contributed by atoms with E-state index in [-0.39, 0.29) is 17.7 Å². The highest BCUT2D eigenvalue weighted by molar-refractivity contribution is 6.42. The molecule has 1 heterocycles. The third-order valence-corrected chi connectivity index (χ3v) is 4.31. The zero-order chi connectivity index (χ0) is 14.3. The predicted octanol–water partition coefficient (Wildman–Crippen LogP) is 3.47. The SMILES string of the molecule is Cn1cc(NC(=O)C2CC2c2cccc(Cl)c2Cl)cn1. The summed E-state index contributed by atoms with van der Waals surface area (Å²) in [6, 6.07) is 5.54. The van der Waals surface area contributed by atoms with Crippen LogP contribution in [0.15, 0.2) is 30.6 Å². The summed E-state index contributed by atoms with van der Waals surface area (Å²) in [5.41, 5.74) is 1.66. The van der Waals surface area contributed by atoms with Crippen molar-refractivity contribution in [3.8, 4) is 0 Å². The lowest BCUT2D eigenvalue weighted by Crippen LogP contribution is -2.14. The Kier molecular flexibility index (Phi) is 3.44. The fourth-order valence-electron chi connectivity index (χ4n) is 2.36. The van der Waals surface area contributed by atoms with Gasteiger partial charge in [0, 0.05) is 19.2 Å². The lowest BCUT2D eigenvalue weighted by Gasteiger charge is -2.05. The maximum absolute atomic E-state index is 12.1. The van der Waals surface area contributed by atoms with Crippen LogP contribution < -0.4 is 5.32 Å². The quantitative estimate of drug-likeness (QED) is 0.943. The number of halogens is 2. The van der Waals surface area contributed by atoms with Crippen LogP contribution in [-0.4, -0.2) is 15.7 Å². The van der Waals surface area contributed by atoms with Crippen LogP contribution >= 0.6 is 23.2 Å². The Hall–Kier alpha value is -1.52. The minimum Gasteiger partial charge on any atom is -0.323 e. The van der Waals surface area contributed by atoms with Gasteiger partial charge in [0.25, 0.3) is 0 Å². The molecule has 1 N–H and O–H groups in total. The van der Waals surface area contributed by atoms with E-state index in [1.54, 1.807) is 30.2 Å². The van der Waals surface area contributed by atoms with Crippen molar-refractivity contribution in [2.45, 2.75) is 12.3 Å². The lowest BCUT2D eigenvalue weighted by atomic mass is 10.1. The summed E-state index contributed by atoms with van der Waals surface area (Å²) in [5, 5.41) is 7.96. The first-order valence-electron chi connectivity index (χ1n) is 6.29. The molecule has 3 rings (SSSR count). The normalized spacial score (nSPS) is 20.8. The lowest BCUT2D eigenvalue weighted by molar-refractivity contribution is -0.117. The first-order chi connectivity index (χ1) is 9.56. The number of amides is 1. The smallest absolute Gasteiger partial charge is 0.228 e. The van der Waals surface area contributed by atoms with Gasteiger partial charge in [0.2, 0.25) is 5.91 Å². The Morgan fingerprint density at radius 1 is 1.45 bits per heavy atom. The van der Waals surface area contributed by atoms with E-state index in [9.17, 15) is 4.79 Å². The third-order valence-electron chi connectivity index (χ3n) is 3.48. The van der Waals surface area contributed by atoms with Gasteiger partial charge in [-0.1, -0.05) is 35.3 Å². The van der Waals surface area contributed by atoms with Crippen LogP contribution in [0.1, 0.15) is 17.9 Å². The van der Waals surface area contributed by atoms with E-state index in [1.165, 1.54) is 0 Å². The first kappa shape index (κ1) is 13.5. The fraction of sp³-hybridized carbons (Fsp3) is 0.286. The largest absolute Gasteiger partial charge is 0.323 e. The number of nitrogens with one attached hydrogen (secondary N) is 1. The summed E-state index contributed by atoms with van der Waals surface area (Å²) in [7, 11) is 1.81. The predicted molar refractivity (Wildman–Crippen MR) is 79.1 cm³/mol. The maximum Gasteiger partial charge on any atom is 0.228 e. The molecule has 4 nitrogen and oxygen atoms in total. The van der Waals surface area contributed by atoms with Crippen molar-refractivity contribution in [1.82, 2.24) is 9.78 Å². The van der Waals surface area contributed by atoms with E-state index in [1.807, 2.05) is 12.1 Å². The van der Waals surface area contributed by atoms with Crippen LogP contribution in [0.25, 0.3) is 0 Å². The number of hydrogen-bond acceptors (Lipinski definition) is 2. The van der Waals surface area contributed by atoms with Crippen molar-refractivity contribution >= 4 is 34.8 Å². The highest BCUT2D eigenvalue weighted by Gasteiger charge is 2.45. The summed E-state index contributed by atoms with van der Waals surface area (Å²) in [6.07, 6.45) is 4.19. The number of benzene rings is 1. The van der Waals surface area contributed by atoms with Crippen LogP contribution in [0, 0.1) is 5.92 Å². The molecule has 2 unspecified atom stereocenters. The molecule has 20 heavy (non-hydrogen) atoms. The number of aryl methyl sites for hydroxylation is 1. The third kappa shape index (κ3) is 2.53. The van der Waals surface area contributed by atoms with Gasteiger partial charge in [-0.2, -0.15) is 5.10 Å². The molecular weight excluding hydrogens is 297 g/mol. The zero-order valence-corrected chi connectivity index (χ0v) is 12.3. The molecule has 1 amide bonds. The number of anilines is 1. The number of nitrogens with zero attached hydrogens (tertiary/aromatic N) is 2. The van der Waals surface area contributed by atoms with E-state index in [4.69, 9.17) is 23.2 Å². The second kappa shape index (κ2) is 5.11. The van der Waals surface area contributed by atoms with Gasteiger partial charge in [-0.3, -0.25) is 9.48 Å². The van der Waals surface area contributed by atoms with Crippen molar-refractivity contribution in [3.05, 3.63) is 46.2 Å². The molecule has 1 aromatic carbocycles. The summed E-state index contributed by atoms with van der Waals surface area (Å²) >= 11 is 12.2. The molecule has 0 aliphatic heterocycles. The van der Waals surface area contributed by atoms with Crippen molar-refractivity contribution in [2.75, 3.05) is 5.32 Å². The highest BCUT2D eigenvalue weighted by atomic mass is 35.5. The Bertz CT molecular complexity index is 668. The molecule has 104 valence electrons. The van der Waals surface area contributed by atoms with Crippen molar-refractivity contribution in [2.24, 2.45) is 13.0 Å². The number of carbonyl (C=O) groups is 1. The molecule has 1 aromatic heterocycles. The van der Waals surface area contributed by atoms with Gasteiger partial charge in [0.05, 0.1) is 21.9 Å². The zero-order valence-electron chi connectivity index (χ0n) is 10.8. The number of hydrogen-bond donors (Lipinski definition) is 1. The maximum atomic E-state index is 12.1. The topological polar surface area (TPSA) is 46.9 Å². The monoisotopic (exact) mass is 309 g/mol. The minimum atomic E-state index is -0.0498. The molecule has 0 bridgehead atoms. The molecule has 0 radical (unpaired) electrons. The molecule has 0 saturated heterocycles. The Morgan fingerprint density at radius 2 is 2.25 bits per heavy atom. The van der Waals surface area contributed by atoms with Gasteiger partial charge in [0.15, 0.2) is 0 Å². The van der Waals surface area contributed by atoms with Crippen LogP contribution in [-0.2, 0) is 11.8 Å². The Morgan fingerprint density at radius 3 is 2.95 bits per heavy atom.